The van der Waals surface area contributed by atoms with Gasteiger partial charge in [0.05, 0.1) is 11.0 Å². The van der Waals surface area contributed by atoms with Gasteiger partial charge in [-0.05, 0) is 36.2 Å². The van der Waals surface area contributed by atoms with Crippen molar-refractivity contribution < 1.29 is 0 Å². The average Bonchev–Trinajstić information content (AvgIpc) is 2.83. The van der Waals surface area contributed by atoms with Gasteiger partial charge in [0.2, 0.25) is 0 Å². The SMILES string of the molecule is Cc1cccc2[nH]c(SCc3ccc(Br)cc3)nc12. The first-order chi connectivity index (χ1) is 9.22. The number of imidazole rings is 1. The maximum atomic E-state index is 4.64. The molecule has 3 rings (SSSR count). The van der Waals surface area contributed by atoms with Gasteiger partial charge in [0.15, 0.2) is 5.16 Å². The predicted molar refractivity (Wildman–Crippen MR) is 84.5 cm³/mol. The molecule has 0 aliphatic rings. The van der Waals surface area contributed by atoms with Crippen molar-refractivity contribution in [2.75, 3.05) is 0 Å². The second-order valence-corrected chi connectivity index (χ2v) is 6.31. The highest BCUT2D eigenvalue weighted by molar-refractivity contribution is 9.10. The van der Waals surface area contributed by atoms with Gasteiger partial charge in [-0.3, -0.25) is 0 Å². The summed E-state index contributed by atoms with van der Waals surface area (Å²) in [6.07, 6.45) is 0. The highest BCUT2D eigenvalue weighted by atomic mass is 79.9. The molecule has 1 aromatic heterocycles. The molecule has 4 heteroatoms. The molecule has 2 nitrogen and oxygen atoms in total. The van der Waals surface area contributed by atoms with E-state index in [9.17, 15) is 0 Å². The Labute approximate surface area is 124 Å². The van der Waals surface area contributed by atoms with Gasteiger partial charge >= 0.3 is 0 Å². The van der Waals surface area contributed by atoms with Gasteiger partial charge in [-0.15, -0.1) is 0 Å². The zero-order chi connectivity index (χ0) is 13.2. The van der Waals surface area contributed by atoms with Crippen LogP contribution in [0.15, 0.2) is 52.1 Å². The van der Waals surface area contributed by atoms with Crippen LogP contribution in [0.1, 0.15) is 11.1 Å². The molecule has 0 bridgehead atoms. The molecule has 3 aromatic rings. The summed E-state index contributed by atoms with van der Waals surface area (Å²) in [7, 11) is 0. The number of aromatic amines is 1. The Morgan fingerprint density at radius 2 is 1.95 bits per heavy atom. The lowest BCUT2D eigenvalue weighted by Crippen LogP contribution is -1.81. The first-order valence-electron chi connectivity index (χ1n) is 6.05. The second kappa shape index (κ2) is 5.39. The number of hydrogen-bond acceptors (Lipinski definition) is 2. The third-order valence-electron chi connectivity index (χ3n) is 2.98. The standard InChI is InChI=1S/C15H13BrN2S/c1-10-3-2-4-13-14(10)18-15(17-13)19-9-11-5-7-12(16)8-6-11/h2-8H,9H2,1H3,(H,17,18). The average molecular weight is 333 g/mol. The number of rotatable bonds is 3. The number of aryl methyl sites for hydroxylation is 1. The van der Waals surface area contributed by atoms with Crippen LogP contribution in [0, 0.1) is 6.92 Å². The number of nitrogens with one attached hydrogen (secondary N) is 1. The van der Waals surface area contributed by atoms with Crippen LogP contribution in [0.4, 0.5) is 0 Å². The van der Waals surface area contributed by atoms with Crippen LogP contribution >= 0.6 is 27.7 Å². The number of aromatic nitrogens is 2. The predicted octanol–water partition coefficient (Wildman–Crippen LogP) is 4.93. The summed E-state index contributed by atoms with van der Waals surface area (Å²) in [6, 6.07) is 14.6. The number of H-pyrrole nitrogens is 1. The van der Waals surface area contributed by atoms with Crippen LogP contribution in [0.25, 0.3) is 11.0 Å². The van der Waals surface area contributed by atoms with E-state index in [1.165, 1.54) is 11.1 Å². The fourth-order valence-corrected chi connectivity index (χ4v) is 3.05. The summed E-state index contributed by atoms with van der Waals surface area (Å²) in [5.41, 5.74) is 4.69. The number of fused-ring (bicyclic) bond motifs is 1. The molecule has 19 heavy (non-hydrogen) atoms. The van der Waals surface area contributed by atoms with Crippen LogP contribution < -0.4 is 0 Å². The number of thioether (sulfide) groups is 1. The molecule has 0 amide bonds. The molecule has 0 saturated heterocycles. The maximum absolute atomic E-state index is 4.64. The van der Waals surface area contributed by atoms with Crippen molar-refractivity contribution in [3.8, 4) is 0 Å². The molecule has 0 spiro atoms. The van der Waals surface area contributed by atoms with E-state index in [4.69, 9.17) is 0 Å². The van der Waals surface area contributed by atoms with Crippen molar-refractivity contribution in [1.29, 1.82) is 0 Å². The minimum Gasteiger partial charge on any atom is -0.333 e. The van der Waals surface area contributed by atoms with Crippen molar-refractivity contribution in [3.05, 3.63) is 58.1 Å². The first-order valence-corrected chi connectivity index (χ1v) is 7.83. The van der Waals surface area contributed by atoms with Crippen molar-refractivity contribution >= 4 is 38.7 Å². The van der Waals surface area contributed by atoms with Crippen molar-refractivity contribution in [2.24, 2.45) is 0 Å². The Balaban J connectivity index is 1.78. The molecule has 0 radical (unpaired) electrons. The zero-order valence-electron chi connectivity index (χ0n) is 10.5. The second-order valence-electron chi connectivity index (χ2n) is 4.43. The lowest BCUT2D eigenvalue weighted by Gasteiger charge is -1.99. The van der Waals surface area contributed by atoms with Gasteiger partial charge in [-0.1, -0.05) is 52.0 Å². The van der Waals surface area contributed by atoms with Gasteiger partial charge in [0, 0.05) is 10.2 Å². The van der Waals surface area contributed by atoms with E-state index in [0.717, 1.165) is 26.4 Å². The molecule has 1 N–H and O–H groups in total. The minimum atomic E-state index is 0.923. The van der Waals surface area contributed by atoms with E-state index < -0.39 is 0 Å². The molecule has 0 fully saturated rings. The minimum absolute atomic E-state index is 0.923. The molecular formula is C15H13BrN2S. The van der Waals surface area contributed by atoms with Crippen LogP contribution in [0.5, 0.6) is 0 Å². The summed E-state index contributed by atoms with van der Waals surface area (Å²) in [4.78, 5) is 8.00. The lowest BCUT2D eigenvalue weighted by molar-refractivity contribution is 1.08. The van der Waals surface area contributed by atoms with Gasteiger partial charge in [0.25, 0.3) is 0 Å². The Morgan fingerprint density at radius 3 is 2.68 bits per heavy atom. The van der Waals surface area contributed by atoms with E-state index >= 15 is 0 Å². The van der Waals surface area contributed by atoms with Gasteiger partial charge in [0.1, 0.15) is 0 Å². The maximum Gasteiger partial charge on any atom is 0.166 e. The molecule has 0 saturated carbocycles. The van der Waals surface area contributed by atoms with E-state index in [1.807, 2.05) is 0 Å². The number of benzene rings is 2. The molecular weight excluding hydrogens is 320 g/mol. The van der Waals surface area contributed by atoms with E-state index in [0.29, 0.717) is 0 Å². The highest BCUT2D eigenvalue weighted by Gasteiger charge is 2.05. The first kappa shape index (κ1) is 12.8. The van der Waals surface area contributed by atoms with E-state index in [1.54, 1.807) is 11.8 Å². The Hall–Kier alpha value is -1.26. The lowest BCUT2D eigenvalue weighted by atomic mass is 10.2. The highest BCUT2D eigenvalue weighted by Crippen LogP contribution is 2.25. The molecule has 0 aliphatic carbocycles. The van der Waals surface area contributed by atoms with Gasteiger partial charge < -0.3 is 4.98 Å². The summed E-state index contributed by atoms with van der Waals surface area (Å²) in [5.74, 6) is 0.923. The van der Waals surface area contributed by atoms with Crippen LogP contribution in [0.2, 0.25) is 0 Å². The fourth-order valence-electron chi connectivity index (χ4n) is 1.95. The monoisotopic (exact) mass is 332 g/mol. The summed E-state index contributed by atoms with van der Waals surface area (Å²) in [6.45, 7) is 2.09. The molecule has 2 aromatic carbocycles. The Bertz CT molecular complexity index is 704. The summed E-state index contributed by atoms with van der Waals surface area (Å²) >= 11 is 5.18. The third kappa shape index (κ3) is 2.85. The van der Waals surface area contributed by atoms with Crippen molar-refractivity contribution in [1.82, 2.24) is 9.97 Å². The zero-order valence-corrected chi connectivity index (χ0v) is 12.9. The number of halogens is 1. The van der Waals surface area contributed by atoms with Gasteiger partial charge in [-0.2, -0.15) is 0 Å². The fraction of sp³-hybridized carbons (Fsp3) is 0.133. The summed E-state index contributed by atoms with van der Waals surface area (Å²) < 4.78 is 1.11. The third-order valence-corrected chi connectivity index (χ3v) is 4.45. The normalized spacial score (nSPS) is 11.1. The largest absolute Gasteiger partial charge is 0.333 e. The molecule has 1 heterocycles. The summed E-state index contributed by atoms with van der Waals surface area (Å²) in [5, 5.41) is 0.979. The number of nitrogens with zero attached hydrogens (tertiary/aromatic N) is 1. The Kier molecular flexibility index (Phi) is 3.62. The van der Waals surface area contributed by atoms with E-state index in [-0.39, 0.29) is 0 Å². The molecule has 96 valence electrons. The van der Waals surface area contributed by atoms with Crippen molar-refractivity contribution in [2.45, 2.75) is 17.8 Å². The van der Waals surface area contributed by atoms with Gasteiger partial charge in [-0.25, -0.2) is 4.98 Å². The smallest absolute Gasteiger partial charge is 0.166 e. The van der Waals surface area contributed by atoms with Crippen LogP contribution in [0.3, 0.4) is 0 Å². The van der Waals surface area contributed by atoms with Crippen LogP contribution in [-0.2, 0) is 5.75 Å². The Morgan fingerprint density at radius 1 is 1.16 bits per heavy atom. The molecule has 0 atom stereocenters. The van der Waals surface area contributed by atoms with E-state index in [2.05, 4.69) is 75.3 Å². The number of para-hydroxylation sites is 1. The topological polar surface area (TPSA) is 28.7 Å². The molecule has 0 unspecified atom stereocenters. The molecule has 0 aliphatic heterocycles. The van der Waals surface area contributed by atoms with Crippen LogP contribution in [-0.4, -0.2) is 9.97 Å². The quantitative estimate of drug-likeness (QED) is 0.689. The number of hydrogen-bond donors (Lipinski definition) is 1. The van der Waals surface area contributed by atoms with Crippen molar-refractivity contribution in [3.63, 3.8) is 0 Å².